The van der Waals surface area contributed by atoms with Gasteiger partial charge in [0.15, 0.2) is 0 Å². The standard InChI is InChI=1S/C15H20N2O/c1-8-5-11(17(2)16-8)7-12(18)15-13-9-3-4-10(6-9)14(13)15/h5,9-10,13-15H,3-4,6-7H2,1-2H3. The maximum absolute atomic E-state index is 12.4. The molecule has 0 aromatic carbocycles. The fraction of sp³-hybridized carbons (Fsp3) is 0.733. The minimum atomic E-state index is 0.409. The van der Waals surface area contributed by atoms with E-state index in [0.717, 1.165) is 35.1 Å². The van der Waals surface area contributed by atoms with E-state index >= 15 is 0 Å². The molecular weight excluding hydrogens is 224 g/mol. The number of hydrogen-bond acceptors (Lipinski definition) is 2. The zero-order valence-corrected chi connectivity index (χ0v) is 11.1. The van der Waals surface area contributed by atoms with Crippen molar-refractivity contribution >= 4 is 5.78 Å². The summed E-state index contributed by atoms with van der Waals surface area (Å²) in [5.74, 6) is 4.21. The highest BCUT2D eigenvalue weighted by Crippen LogP contribution is 2.69. The van der Waals surface area contributed by atoms with Crippen LogP contribution in [0.15, 0.2) is 6.07 Å². The molecule has 1 aromatic heterocycles. The predicted octanol–water partition coefficient (Wildman–Crippen LogP) is 2.13. The van der Waals surface area contributed by atoms with Gasteiger partial charge in [0.2, 0.25) is 0 Å². The highest BCUT2D eigenvalue weighted by molar-refractivity contribution is 5.86. The fourth-order valence-corrected chi connectivity index (χ4v) is 4.88. The summed E-state index contributed by atoms with van der Waals surface area (Å²) in [4.78, 5) is 12.4. The normalized spacial score (nSPS) is 40.0. The van der Waals surface area contributed by atoms with E-state index in [4.69, 9.17) is 0 Å². The van der Waals surface area contributed by atoms with Gasteiger partial charge in [0, 0.05) is 25.1 Å². The molecule has 0 N–H and O–H groups in total. The lowest BCUT2D eigenvalue weighted by Crippen LogP contribution is -2.14. The number of rotatable bonds is 3. The first-order chi connectivity index (χ1) is 8.65. The number of hydrogen-bond donors (Lipinski definition) is 0. The lowest BCUT2D eigenvalue weighted by atomic mass is 9.98. The number of carbonyl (C=O) groups is 1. The summed E-state index contributed by atoms with van der Waals surface area (Å²) >= 11 is 0. The number of aromatic nitrogens is 2. The van der Waals surface area contributed by atoms with Gasteiger partial charge in [-0.15, -0.1) is 0 Å². The average Bonchev–Trinajstić information content (AvgIpc) is 2.61. The van der Waals surface area contributed by atoms with E-state index < -0.39 is 0 Å². The summed E-state index contributed by atoms with van der Waals surface area (Å²) in [5, 5.41) is 4.32. The van der Waals surface area contributed by atoms with Crippen LogP contribution in [-0.2, 0) is 18.3 Å². The lowest BCUT2D eigenvalue weighted by molar-refractivity contribution is -0.120. The Kier molecular flexibility index (Phi) is 2.07. The van der Waals surface area contributed by atoms with Gasteiger partial charge < -0.3 is 0 Å². The summed E-state index contributed by atoms with van der Waals surface area (Å²) < 4.78 is 1.86. The maximum Gasteiger partial charge on any atom is 0.142 e. The highest BCUT2D eigenvalue weighted by Gasteiger charge is 2.66. The van der Waals surface area contributed by atoms with Crippen LogP contribution < -0.4 is 0 Å². The molecule has 1 heterocycles. The SMILES string of the molecule is Cc1cc(CC(=O)C2C3C4CCC(C4)C23)n(C)n1. The maximum atomic E-state index is 12.4. The zero-order chi connectivity index (χ0) is 12.4. The van der Waals surface area contributed by atoms with E-state index in [1.54, 1.807) is 0 Å². The molecule has 3 aliphatic rings. The monoisotopic (exact) mass is 244 g/mol. The number of aryl methyl sites for hydroxylation is 2. The van der Waals surface area contributed by atoms with Crippen molar-refractivity contribution in [2.45, 2.75) is 32.6 Å². The molecule has 18 heavy (non-hydrogen) atoms. The Bertz CT molecular complexity index is 503. The molecule has 4 atom stereocenters. The Morgan fingerprint density at radius 1 is 1.39 bits per heavy atom. The van der Waals surface area contributed by atoms with Crippen molar-refractivity contribution in [1.29, 1.82) is 0 Å². The van der Waals surface area contributed by atoms with Crippen LogP contribution in [0.25, 0.3) is 0 Å². The number of nitrogens with zero attached hydrogens (tertiary/aromatic N) is 2. The van der Waals surface area contributed by atoms with Crippen LogP contribution in [0.1, 0.15) is 30.7 Å². The third kappa shape index (κ3) is 1.36. The van der Waals surface area contributed by atoms with E-state index in [-0.39, 0.29) is 0 Å². The first kappa shape index (κ1) is 10.8. The van der Waals surface area contributed by atoms with Crippen LogP contribution in [0.5, 0.6) is 0 Å². The van der Waals surface area contributed by atoms with Gasteiger partial charge >= 0.3 is 0 Å². The van der Waals surface area contributed by atoms with Crippen LogP contribution in [0, 0.1) is 36.5 Å². The summed E-state index contributed by atoms with van der Waals surface area (Å²) in [7, 11) is 1.94. The largest absolute Gasteiger partial charge is 0.299 e. The molecule has 4 unspecified atom stereocenters. The number of Topliss-reactive ketones (excluding diaryl/α,β-unsaturated/α-hetero) is 1. The molecule has 4 rings (SSSR count). The molecule has 3 nitrogen and oxygen atoms in total. The van der Waals surface area contributed by atoms with Crippen molar-refractivity contribution in [1.82, 2.24) is 9.78 Å². The van der Waals surface area contributed by atoms with Crippen molar-refractivity contribution in [2.24, 2.45) is 36.6 Å². The van der Waals surface area contributed by atoms with Gasteiger partial charge in [-0.05, 0) is 55.9 Å². The van der Waals surface area contributed by atoms with E-state index in [1.807, 2.05) is 24.7 Å². The minimum absolute atomic E-state index is 0.409. The Morgan fingerprint density at radius 2 is 2.06 bits per heavy atom. The second-order valence-electron chi connectivity index (χ2n) is 6.56. The predicted molar refractivity (Wildman–Crippen MR) is 68.0 cm³/mol. The summed E-state index contributed by atoms with van der Waals surface area (Å²) in [6, 6.07) is 2.05. The van der Waals surface area contributed by atoms with E-state index in [2.05, 4.69) is 5.10 Å². The van der Waals surface area contributed by atoms with Crippen molar-refractivity contribution in [3.8, 4) is 0 Å². The van der Waals surface area contributed by atoms with E-state index in [9.17, 15) is 4.79 Å². The van der Waals surface area contributed by atoms with E-state index in [0.29, 0.717) is 18.1 Å². The molecule has 96 valence electrons. The third-order valence-corrected chi connectivity index (χ3v) is 5.56. The Morgan fingerprint density at radius 3 is 2.61 bits per heavy atom. The Labute approximate surface area is 108 Å². The topological polar surface area (TPSA) is 34.9 Å². The lowest BCUT2D eigenvalue weighted by Gasteiger charge is -2.07. The number of carbonyl (C=O) groups excluding carboxylic acids is 1. The second-order valence-corrected chi connectivity index (χ2v) is 6.56. The van der Waals surface area contributed by atoms with Crippen molar-refractivity contribution in [3.63, 3.8) is 0 Å². The molecule has 0 amide bonds. The number of fused-ring (bicyclic) bond motifs is 5. The molecule has 3 saturated carbocycles. The average molecular weight is 244 g/mol. The Balaban J connectivity index is 1.48. The first-order valence-corrected chi connectivity index (χ1v) is 7.17. The van der Waals surface area contributed by atoms with Crippen LogP contribution in [0.2, 0.25) is 0 Å². The van der Waals surface area contributed by atoms with Gasteiger partial charge in [0.25, 0.3) is 0 Å². The second kappa shape index (κ2) is 3.46. The van der Waals surface area contributed by atoms with Crippen molar-refractivity contribution < 1.29 is 4.79 Å². The highest BCUT2D eigenvalue weighted by atomic mass is 16.1. The quantitative estimate of drug-likeness (QED) is 0.816. The number of ketones is 1. The van der Waals surface area contributed by atoms with Crippen molar-refractivity contribution in [2.75, 3.05) is 0 Å². The van der Waals surface area contributed by atoms with Gasteiger partial charge in [0.1, 0.15) is 5.78 Å². The zero-order valence-electron chi connectivity index (χ0n) is 11.1. The minimum Gasteiger partial charge on any atom is -0.299 e. The molecule has 0 aliphatic heterocycles. The van der Waals surface area contributed by atoms with Crippen LogP contribution in [-0.4, -0.2) is 15.6 Å². The molecule has 0 radical (unpaired) electrons. The van der Waals surface area contributed by atoms with Crippen molar-refractivity contribution in [3.05, 3.63) is 17.5 Å². The van der Waals surface area contributed by atoms with E-state index in [1.165, 1.54) is 19.3 Å². The van der Waals surface area contributed by atoms with Crippen LogP contribution >= 0.6 is 0 Å². The fourth-order valence-electron chi connectivity index (χ4n) is 4.88. The molecule has 3 aliphatic carbocycles. The van der Waals surface area contributed by atoms with Gasteiger partial charge in [-0.25, -0.2) is 0 Å². The molecule has 3 fully saturated rings. The molecule has 3 heteroatoms. The molecule has 1 aromatic rings. The van der Waals surface area contributed by atoms with Crippen LogP contribution in [0.4, 0.5) is 0 Å². The molecule has 0 saturated heterocycles. The molecule has 0 spiro atoms. The summed E-state index contributed by atoms with van der Waals surface area (Å²) in [6.07, 6.45) is 4.79. The molecule has 2 bridgehead atoms. The molecular formula is C15H20N2O. The third-order valence-electron chi connectivity index (χ3n) is 5.56. The Hall–Kier alpha value is -1.12. The first-order valence-electron chi connectivity index (χ1n) is 7.17. The van der Waals surface area contributed by atoms with Crippen LogP contribution in [0.3, 0.4) is 0 Å². The summed E-state index contributed by atoms with van der Waals surface area (Å²) in [6.45, 7) is 1.99. The van der Waals surface area contributed by atoms with Gasteiger partial charge in [0.05, 0.1) is 5.69 Å². The van der Waals surface area contributed by atoms with Gasteiger partial charge in [-0.1, -0.05) is 0 Å². The van der Waals surface area contributed by atoms with Gasteiger partial charge in [-0.2, -0.15) is 5.10 Å². The van der Waals surface area contributed by atoms with Gasteiger partial charge in [-0.3, -0.25) is 9.48 Å². The smallest absolute Gasteiger partial charge is 0.142 e. The summed E-state index contributed by atoms with van der Waals surface area (Å²) in [5.41, 5.74) is 2.09.